The molecule has 0 aliphatic carbocycles. The number of esters is 1. The zero-order valence-corrected chi connectivity index (χ0v) is 23.1. The SMILES string of the molecule is COc1ccc([C@H]2[C@H](C(=O)C(C)(C)C)N3N=Cc4ccccc4[C@@H]3[C@]23N=C(c2ccccc2)OC3=O)cc1OC. The van der Waals surface area contributed by atoms with Gasteiger partial charge in [-0.15, -0.1) is 0 Å². The number of aliphatic imine (C=N–C) groups is 1. The standard InChI is InChI=1S/C32H31N3O5/c1-31(2,3)28(36)26-25(20-15-16-23(38-4)24(17-20)39-5)32(27-22-14-10-9-13-21(22)18-33-35(26)27)30(37)40-29(34-32)19-11-7-6-8-12-19/h6-18,25-27H,1-5H3/t25-,26+,27+,32+/m0/s1. The first-order valence-electron chi connectivity index (χ1n) is 13.3. The molecule has 0 unspecified atom stereocenters. The van der Waals surface area contributed by atoms with Crippen LogP contribution < -0.4 is 9.47 Å². The van der Waals surface area contributed by atoms with E-state index in [2.05, 4.69) is 0 Å². The van der Waals surface area contributed by atoms with Crippen molar-refractivity contribution >= 4 is 23.9 Å². The third kappa shape index (κ3) is 3.73. The molecule has 3 heterocycles. The molecular formula is C32H31N3O5. The van der Waals surface area contributed by atoms with Gasteiger partial charge in [0.2, 0.25) is 5.90 Å². The second kappa shape index (κ2) is 9.33. The number of carbonyl (C=O) groups is 2. The lowest BCUT2D eigenvalue weighted by Crippen LogP contribution is -2.45. The Kier molecular flexibility index (Phi) is 6.02. The summed E-state index contributed by atoms with van der Waals surface area (Å²) in [7, 11) is 3.13. The number of ether oxygens (including phenoxy) is 3. The summed E-state index contributed by atoms with van der Waals surface area (Å²) in [6.07, 6.45) is 1.75. The number of cyclic esters (lactones) is 1. The van der Waals surface area contributed by atoms with Crippen LogP contribution in [-0.2, 0) is 14.3 Å². The molecule has 8 heteroatoms. The van der Waals surface area contributed by atoms with Crippen molar-refractivity contribution in [2.24, 2.45) is 15.5 Å². The number of nitrogens with zero attached hydrogens (tertiary/aromatic N) is 3. The Balaban J connectivity index is 1.67. The molecule has 1 fully saturated rings. The second-order valence-corrected chi connectivity index (χ2v) is 11.3. The summed E-state index contributed by atoms with van der Waals surface area (Å²) in [5.74, 6) is -0.0443. The topological polar surface area (TPSA) is 89.8 Å². The van der Waals surface area contributed by atoms with Crippen LogP contribution in [-0.4, -0.2) is 54.7 Å². The van der Waals surface area contributed by atoms with Crippen molar-refractivity contribution in [3.05, 3.63) is 95.1 Å². The fourth-order valence-electron chi connectivity index (χ4n) is 6.13. The predicted octanol–water partition coefficient (Wildman–Crippen LogP) is 4.92. The first-order chi connectivity index (χ1) is 19.2. The van der Waals surface area contributed by atoms with Crippen LogP contribution in [0.3, 0.4) is 0 Å². The minimum Gasteiger partial charge on any atom is -0.493 e. The van der Waals surface area contributed by atoms with E-state index in [0.717, 1.165) is 11.1 Å². The van der Waals surface area contributed by atoms with E-state index in [-0.39, 0.29) is 11.7 Å². The smallest absolute Gasteiger partial charge is 0.344 e. The Bertz CT molecular complexity index is 1560. The molecule has 8 nitrogen and oxygen atoms in total. The Hall–Kier alpha value is -4.46. The summed E-state index contributed by atoms with van der Waals surface area (Å²) < 4.78 is 17.1. The highest BCUT2D eigenvalue weighted by Crippen LogP contribution is 2.59. The van der Waals surface area contributed by atoms with Crippen molar-refractivity contribution in [2.45, 2.75) is 44.3 Å². The molecule has 0 radical (unpaired) electrons. The van der Waals surface area contributed by atoms with Crippen LogP contribution in [0.15, 0.2) is 82.9 Å². The summed E-state index contributed by atoms with van der Waals surface area (Å²) in [5, 5.41) is 6.58. The van der Waals surface area contributed by atoms with Gasteiger partial charge in [-0.25, -0.2) is 9.79 Å². The Labute approximate surface area is 233 Å². The predicted molar refractivity (Wildman–Crippen MR) is 151 cm³/mol. The second-order valence-electron chi connectivity index (χ2n) is 11.3. The monoisotopic (exact) mass is 537 g/mol. The number of hydrazone groups is 1. The number of hydrogen-bond donors (Lipinski definition) is 0. The van der Waals surface area contributed by atoms with Crippen LogP contribution in [0, 0.1) is 5.41 Å². The van der Waals surface area contributed by atoms with E-state index in [1.54, 1.807) is 31.5 Å². The molecule has 40 heavy (non-hydrogen) atoms. The molecule has 0 amide bonds. The summed E-state index contributed by atoms with van der Waals surface area (Å²) in [4.78, 5) is 33.8. The maximum atomic E-state index is 14.3. The minimum absolute atomic E-state index is 0.0538. The van der Waals surface area contributed by atoms with Gasteiger partial charge in [-0.2, -0.15) is 5.10 Å². The maximum absolute atomic E-state index is 14.3. The summed E-state index contributed by atoms with van der Waals surface area (Å²) in [6.45, 7) is 5.65. The van der Waals surface area contributed by atoms with Crippen molar-refractivity contribution in [2.75, 3.05) is 14.2 Å². The first-order valence-corrected chi connectivity index (χ1v) is 13.3. The molecule has 4 atom stereocenters. The Morgan fingerprint density at radius 1 is 0.950 bits per heavy atom. The molecule has 0 N–H and O–H groups in total. The highest BCUT2D eigenvalue weighted by Gasteiger charge is 2.71. The molecule has 3 aliphatic heterocycles. The summed E-state index contributed by atoms with van der Waals surface area (Å²) in [5.41, 5.74) is 0.901. The molecule has 0 aromatic heterocycles. The fourth-order valence-corrected chi connectivity index (χ4v) is 6.13. The van der Waals surface area contributed by atoms with Gasteiger partial charge in [0.1, 0.15) is 12.1 Å². The van der Waals surface area contributed by atoms with E-state index >= 15 is 0 Å². The van der Waals surface area contributed by atoms with E-state index in [1.165, 1.54) is 0 Å². The molecule has 1 spiro atoms. The van der Waals surface area contributed by atoms with Crippen molar-refractivity contribution < 1.29 is 23.8 Å². The number of methoxy groups -OCH3 is 2. The highest BCUT2D eigenvalue weighted by molar-refractivity contribution is 6.10. The maximum Gasteiger partial charge on any atom is 0.344 e. The van der Waals surface area contributed by atoms with Crippen molar-refractivity contribution in [3.8, 4) is 11.5 Å². The average Bonchev–Trinajstić information content (AvgIpc) is 3.46. The average molecular weight is 538 g/mol. The number of benzene rings is 3. The molecule has 3 aliphatic rings. The van der Waals surface area contributed by atoms with Gasteiger partial charge < -0.3 is 14.2 Å². The number of carbonyl (C=O) groups excluding carboxylic acids is 2. The third-order valence-corrected chi connectivity index (χ3v) is 7.98. The number of fused-ring (bicyclic) bond motifs is 4. The number of rotatable bonds is 5. The number of Topliss-reactive ketones (excluding diaryl/α,β-unsaturated/α-hetero) is 1. The summed E-state index contributed by atoms with van der Waals surface area (Å²) in [6, 6.07) is 21.1. The molecule has 1 saturated heterocycles. The number of ketones is 1. The lowest BCUT2D eigenvalue weighted by molar-refractivity contribution is -0.140. The minimum atomic E-state index is -1.50. The van der Waals surface area contributed by atoms with Crippen molar-refractivity contribution in [3.63, 3.8) is 0 Å². The summed E-state index contributed by atoms with van der Waals surface area (Å²) >= 11 is 0. The molecule has 0 bridgehead atoms. The van der Waals surface area contributed by atoms with Gasteiger partial charge in [-0.1, -0.05) is 69.3 Å². The third-order valence-electron chi connectivity index (χ3n) is 7.98. The molecule has 204 valence electrons. The van der Waals surface area contributed by atoms with E-state index in [1.807, 2.05) is 87.5 Å². The molecule has 0 saturated carbocycles. The normalized spacial score (nSPS) is 24.8. The van der Waals surface area contributed by atoms with E-state index < -0.39 is 34.9 Å². The van der Waals surface area contributed by atoms with Crippen molar-refractivity contribution in [1.29, 1.82) is 0 Å². The lowest BCUT2D eigenvalue weighted by atomic mass is 9.70. The van der Waals surface area contributed by atoms with Gasteiger partial charge in [0, 0.05) is 11.0 Å². The molecule has 6 rings (SSSR count). The van der Waals surface area contributed by atoms with Gasteiger partial charge in [0.25, 0.3) is 0 Å². The Morgan fingerprint density at radius 2 is 1.65 bits per heavy atom. The fraction of sp³-hybridized carbons (Fsp3) is 0.312. The van der Waals surface area contributed by atoms with Crippen LogP contribution in [0.25, 0.3) is 0 Å². The zero-order chi connectivity index (χ0) is 28.2. The van der Waals surface area contributed by atoms with Gasteiger partial charge in [-0.3, -0.25) is 9.80 Å². The van der Waals surface area contributed by atoms with Crippen LogP contribution >= 0.6 is 0 Å². The van der Waals surface area contributed by atoms with E-state index in [4.69, 9.17) is 24.3 Å². The number of hydrogen-bond acceptors (Lipinski definition) is 8. The largest absolute Gasteiger partial charge is 0.493 e. The van der Waals surface area contributed by atoms with Gasteiger partial charge in [-0.05, 0) is 41.0 Å². The van der Waals surface area contributed by atoms with Crippen LogP contribution in [0.1, 0.15) is 55.0 Å². The Morgan fingerprint density at radius 3 is 2.35 bits per heavy atom. The highest BCUT2D eigenvalue weighted by atomic mass is 16.6. The quantitative estimate of drug-likeness (QED) is 0.430. The van der Waals surface area contributed by atoms with Gasteiger partial charge in [0.05, 0.1) is 26.4 Å². The first kappa shape index (κ1) is 25.8. The van der Waals surface area contributed by atoms with Crippen LogP contribution in [0.4, 0.5) is 0 Å². The lowest BCUT2D eigenvalue weighted by Gasteiger charge is -2.35. The zero-order valence-electron chi connectivity index (χ0n) is 23.1. The molecule has 3 aromatic carbocycles. The molecular weight excluding hydrogens is 506 g/mol. The van der Waals surface area contributed by atoms with E-state index in [9.17, 15) is 9.59 Å². The van der Waals surface area contributed by atoms with Crippen LogP contribution in [0.5, 0.6) is 11.5 Å². The molecule has 3 aromatic rings. The van der Waals surface area contributed by atoms with Crippen LogP contribution in [0.2, 0.25) is 0 Å². The van der Waals surface area contributed by atoms with Gasteiger partial charge >= 0.3 is 5.97 Å². The van der Waals surface area contributed by atoms with Gasteiger partial charge in [0.15, 0.2) is 22.8 Å². The van der Waals surface area contributed by atoms with E-state index in [0.29, 0.717) is 22.6 Å². The van der Waals surface area contributed by atoms with Crippen molar-refractivity contribution in [1.82, 2.24) is 5.01 Å².